The maximum absolute atomic E-state index is 10.7. The largest absolute Gasteiger partial charge is 0.481 e. The first-order chi connectivity index (χ1) is 14.0. The monoisotopic (exact) mass is 404 g/mol. The van der Waals surface area contributed by atoms with Gasteiger partial charge in [0.2, 0.25) is 0 Å². The molecule has 0 heterocycles. The Balaban J connectivity index is 1.69. The summed E-state index contributed by atoms with van der Waals surface area (Å²) in [6.45, 7) is 2.59. The molecule has 3 fully saturated rings. The van der Waals surface area contributed by atoms with Gasteiger partial charge in [-0.05, 0) is 63.4 Å². The van der Waals surface area contributed by atoms with E-state index in [1.807, 2.05) is 6.92 Å². The molecular formula is C24H36O5. The lowest BCUT2D eigenvalue weighted by molar-refractivity contribution is -0.153. The molecule has 0 amide bonds. The molecular weight excluding hydrogens is 368 g/mol. The fourth-order valence-corrected chi connectivity index (χ4v) is 5.52. The predicted octanol–water partition coefficient (Wildman–Crippen LogP) is 3.68. The summed E-state index contributed by atoms with van der Waals surface area (Å²) in [5.41, 5.74) is 0.869. The van der Waals surface area contributed by atoms with Crippen LogP contribution in [0.25, 0.3) is 0 Å². The van der Waals surface area contributed by atoms with E-state index in [4.69, 9.17) is 9.84 Å². The van der Waals surface area contributed by atoms with Crippen LogP contribution in [0.1, 0.15) is 77.6 Å². The van der Waals surface area contributed by atoms with Crippen molar-refractivity contribution in [1.82, 2.24) is 0 Å². The molecule has 0 aliphatic heterocycles. The van der Waals surface area contributed by atoms with E-state index in [1.54, 1.807) is 0 Å². The number of aliphatic hydroxyl groups is 2. The van der Waals surface area contributed by atoms with Crippen LogP contribution in [0.2, 0.25) is 0 Å². The number of hydrogen-bond acceptors (Lipinski definition) is 4. The number of carbonyl (C=O) groups is 1. The number of ether oxygens (including phenoxy) is 1. The summed E-state index contributed by atoms with van der Waals surface area (Å²) < 4.78 is 6.24. The van der Waals surface area contributed by atoms with Gasteiger partial charge in [-0.3, -0.25) is 4.79 Å². The molecule has 0 spiro atoms. The van der Waals surface area contributed by atoms with E-state index in [1.165, 1.54) is 24.8 Å². The number of fused-ring (bicyclic) bond motifs is 1. The first-order valence-electron chi connectivity index (χ1n) is 11.4. The van der Waals surface area contributed by atoms with E-state index in [0.29, 0.717) is 19.4 Å². The second kappa shape index (κ2) is 10.1. The average Bonchev–Trinajstić information content (AvgIpc) is 2.71. The van der Waals surface area contributed by atoms with Crippen LogP contribution in [0.5, 0.6) is 0 Å². The molecule has 3 rings (SSSR count). The Labute approximate surface area is 174 Å². The molecule has 3 aliphatic rings. The number of carboxylic acids is 1. The fourth-order valence-electron chi connectivity index (χ4n) is 5.52. The maximum atomic E-state index is 10.7. The molecule has 5 atom stereocenters. The van der Waals surface area contributed by atoms with Crippen molar-refractivity contribution >= 4 is 5.97 Å². The van der Waals surface area contributed by atoms with Gasteiger partial charge in [0, 0.05) is 18.9 Å². The first-order valence-corrected chi connectivity index (χ1v) is 11.4. The third-order valence-electron chi connectivity index (χ3n) is 7.12. The summed E-state index contributed by atoms with van der Waals surface area (Å²) in [6, 6.07) is 0. The van der Waals surface area contributed by atoms with Crippen molar-refractivity contribution in [3.63, 3.8) is 0 Å². The van der Waals surface area contributed by atoms with Gasteiger partial charge in [-0.15, -0.1) is 0 Å². The van der Waals surface area contributed by atoms with Crippen LogP contribution >= 0.6 is 0 Å². The Morgan fingerprint density at radius 2 is 2.07 bits per heavy atom. The lowest BCUT2D eigenvalue weighted by atomic mass is 9.53. The molecule has 3 saturated carbocycles. The Morgan fingerprint density at radius 3 is 2.76 bits per heavy atom. The number of unbranched alkanes of at least 4 members (excludes halogenated alkanes) is 1. The predicted molar refractivity (Wildman–Crippen MR) is 111 cm³/mol. The molecule has 0 unspecified atom stereocenters. The topological polar surface area (TPSA) is 87.0 Å². The van der Waals surface area contributed by atoms with Crippen molar-refractivity contribution in [3.05, 3.63) is 11.6 Å². The summed E-state index contributed by atoms with van der Waals surface area (Å²) in [4.78, 5) is 10.7. The number of aliphatic carboxylic acids is 1. The highest BCUT2D eigenvalue weighted by atomic mass is 16.5. The number of hydrogen-bond donors (Lipinski definition) is 3. The number of aliphatic hydroxyl groups excluding tert-OH is 2. The highest BCUT2D eigenvalue weighted by molar-refractivity contribution is 5.66. The Bertz CT molecular complexity index is 654. The minimum absolute atomic E-state index is 0.142. The van der Waals surface area contributed by atoms with E-state index >= 15 is 0 Å². The molecule has 3 N–H and O–H groups in total. The number of rotatable bonds is 7. The summed E-state index contributed by atoms with van der Waals surface area (Å²) in [5.74, 6) is 5.80. The molecule has 0 aromatic carbocycles. The van der Waals surface area contributed by atoms with Gasteiger partial charge in [0.05, 0.1) is 17.6 Å². The Hall–Kier alpha value is -1.35. The van der Waals surface area contributed by atoms with Crippen molar-refractivity contribution in [2.24, 2.45) is 17.8 Å². The van der Waals surface area contributed by atoms with Gasteiger partial charge >= 0.3 is 5.97 Å². The molecule has 29 heavy (non-hydrogen) atoms. The van der Waals surface area contributed by atoms with E-state index in [0.717, 1.165) is 32.1 Å². The SMILES string of the molecule is CCO[C@@]12CC[C@H](O)[C@@H](C#C[C@@H](O)C3CCCCC3)[C@@H]1CC2=CCCCC(=O)O. The summed E-state index contributed by atoms with van der Waals surface area (Å²) in [5, 5.41) is 30.0. The van der Waals surface area contributed by atoms with Gasteiger partial charge in [-0.2, -0.15) is 0 Å². The standard InChI is InChI=1S/C24H36O5/c1-2-29-24-15-14-22(26)19(12-13-21(25)17-8-4-3-5-9-17)20(24)16-18(24)10-6-7-11-23(27)28/h10,17,19-22,25-26H,2-9,11,14-16H2,1H3,(H,27,28)/t19-,20-,21+,22-,24+/m0/s1. The zero-order chi connectivity index (χ0) is 20.9. The van der Waals surface area contributed by atoms with E-state index in [-0.39, 0.29) is 29.8 Å². The van der Waals surface area contributed by atoms with Crippen LogP contribution < -0.4 is 0 Å². The van der Waals surface area contributed by atoms with Crippen LogP contribution in [0, 0.1) is 29.6 Å². The lowest BCUT2D eigenvalue weighted by Crippen LogP contribution is -2.60. The Morgan fingerprint density at radius 1 is 1.31 bits per heavy atom. The van der Waals surface area contributed by atoms with Gasteiger partial charge in [0.25, 0.3) is 0 Å². The molecule has 5 nitrogen and oxygen atoms in total. The molecule has 0 aromatic heterocycles. The summed E-state index contributed by atoms with van der Waals surface area (Å²) in [7, 11) is 0. The molecule has 0 radical (unpaired) electrons. The van der Waals surface area contributed by atoms with Crippen molar-refractivity contribution in [1.29, 1.82) is 0 Å². The zero-order valence-corrected chi connectivity index (χ0v) is 17.6. The molecule has 162 valence electrons. The van der Waals surface area contributed by atoms with Crippen LogP contribution in [0.3, 0.4) is 0 Å². The first kappa shape index (κ1) is 22.3. The molecule has 0 bridgehead atoms. The van der Waals surface area contributed by atoms with Crippen LogP contribution in [0.4, 0.5) is 0 Å². The number of allylic oxidation sites excluding steroid dienone is 1. The zero-order valence-electron chi connectivity index (χ0n) is 17.6. The van der Waals surface area contributed by atoms with Crippen LogP contribution in [-0.4, -0.2) is 45.7 Å². The fraction of sp³-hybridized carbons (Fsp3) is 0.792. The second-order valence-electron chi connectivity index (χ2n) is 8.91. The van der Waals surface area contributed by atoms with Crippen molar-refractivity contribution in [2.45, 2.75) is 95.4 Å². The molecule has 5 heteroatoms. The van der Waals surface area contributed by atoms with E-state index < -0.39 is 18.2 Å². The number of carboxylic acid groups (broad SMARTS) is 1. The average molecular weight is 405 g/mol. The van der Waals surface area contributed by atoms with Gasteiger partial charge < -0.3 is 20.1 Å². The van der Waals surface area contributed by atoms with Gasteiger partial charge in [-0.25, -0.2) is 0 Å². The van der Waals surface area contributed by atoms with Crippen LogP contribution in [0.15, 0.2) is 11.6 Å². The van der Waals surface area contributed by atoms with Crippen molar-refractivity contribution in [3.8, 4) is 11.8 Å². The van der Waals surface area contributed by atoms with E-state index in [2.05, 4.69) is 17.9 Å². The van der Waals surface area contributed by atoms with Gasteiger partial charge in [0.1, 0.15) is 6.10 Å². The second-order valence-corrected chi connectivity index (χ2v) is 8.91. The molecule has 3 aliphatic carbocycles. The molecule has 0 saturated heterocycles. The minimum atomic E-state index is -0.762. The minimum Gasteiger partial charge on any atom is -0.481 e. The highest BCUT2D eigenvalue weighted by Crippen LogP contribution is 2.57. The lowest BCUT2D eigenvalue weighted by Gasteiger charge is -2.57. The third-order valence-corrected chi connectivity index (χ3v) is 7.12. The maximum Gasteiger partial charge on any atom is 0.303 e. The van der Waals surface area contributed by atoms with Crippen LogP contribution in [-0.2, 0) is 9.53 Å². The third kappa shape index (κ3) is 5.05. The molecule has 0 aromatic rings. The van der Waals surface area contributed by atoms with Crippen molar-refractivity contribution in [2.75, 3.05) is 6.61 Å². The van der Waals surface area contributed by atoms with Crippen molar-refractivity contribution < 1.29 is 24.9 Å². The Kier molecular flexibility index (Phi) is 7.79. The highest BCUT2D eigenvalue weighted by Gasteiger charge is 2.58. The smallest absolute Gasteiger partial charge is 0.303 e. The normalized spacial score (nSPS) is 34.6. The summed E-state index contributed by atoms with van der Waals surface area (Å²) >= 11 is 0. The summed E-state index contributed by atoms with van der Waals surface area (Å²) in [6.07, 6.45) is 10.5. The van der Waals surface area contributed by atoms with Gasteiger partial charge in [-0.1, -0.05) is 37.2 Å². The van der Waals surface area contributed by atoms with Gasteiger partial charge in [0.15, 0.2) is 0 Å². The quantitative estimate of drug-likeness (QED) is 0.342. The van der Waals surface area contributed by atoms with E-state index in [9.17, 15) is 15.0 Å².